The summed E-state index contributed by atoms with van der Waals surface area (Å²) in [5, 5.41) is 8.46. The Morgan fingerprint density at radius 3 is 2.37 bits per heavy atom. The van der Waals surface area contributed by atoms with Crippen LogP contribution in [0.4, 0.5) is 22.2 Å². The second-order valence-corrected chi connectivity index (χ2v) is 6.87. The minimum Gasteiger partial charge on any atom is -0.494 e. The van der Waals surface area contributed by atoms with Crippen LogP contribution in [0.25, 0.3) is 0 Å². The molecule has 0 spiro atoms. The van der Waals surface area contributed by atoms with Crippen LogP contribution in [0, 0.1) is 0 Å². The molecule has 7 heteroatoms. The normalized spacial score (nSPS) is 10.3. The molecule has 0 saturated heterocycles. The number of hydrogen-bond donors (Lipinski definition) is 2. The fourth-order valence-electron chi connectivity index (χ4n) is 2.40. The topological polar surface area (TPSA) is 66.5 Å². The van der Waals surface area contributed by atoms with Gasteiger partial charge in [0.1, 0.15) is 11.4 Å². The molecule has 3 aromatic rings. The summed E-state index contributed by atoms with van der Waals surface area (Å²) < 4.78 is 5.43. The van der Waals surface area contributed by atoms with Gasteiger partial charge in [0.25, 0.3) is 5.91 Å². The number of nitrogens with one attached hydrogen (secondary N) is 2. The summed E-state index contributed by atoms with van der Waals surface area (Å²) in [4.78, 5) is 18.8. The van der Waals surface area contributed by atoms with E-state index in [4.69, 9.17) is 4.74 Å². The molecule has 6 nitrogen and oxygen atoms in total. The molecule has 1 amide bonds. The Morgan fingerprint density at radius 1 is 1.07 bits per heavy atom. The molecule has 0 aliphatic rings. The number of benzene rings is 2. The largest absolute Gasteiger partial charge is 0.494 e. The lowest BCUT2D eigenvalue weighted by molar-refractivity contribution is 0.102. The first-order chi connectivity index (χ1) is 13.0. The van der Waals surface area contributed by atoms with E-state index >= 15 is 0 Å². The van der Waals surface area contributed by atoms with E-state index in [0.29, 0.717) is 17.4 Å². The molecule has 0 saturated carbocycles. The molecule has 0 fully saturated rings. The van der Waals surface area contributed by atoms with Gasteiger partial charge in [-0.1, -0.05) is 0 Å². The van der Waals surface area contributed by atoms with Gasteiger partial charge in [0.2, 0.25) is 0 Å². The molecule has 0 aliphatic heterocycles. The van der Waals surface area contributed by atoms with Crippen LogP contribution in [-0.4, -0.2) is 31.6 Å². The van der Waals surface area contributed by atoms with Crippen molar-refractivity contribution in [3.05, 3.63) is 59.6 Å². The number of aromatic nitrogens is 1. The third-order valence-corrected chi connectivity index (χ3v) is 4.55. The molecule has 0 unspecified atom stereocenters. The number of rotatable bonds is 7. The summed E-state index contributed by atoms with van der Waals surface area (Å²) in [5.41, 5.74) is 3.08. The number of carbonyl (C=O) groups is 1. The maximum Gasteiger partial charge on any atom is 0.275 e. The Hall–Kier alpha value is -3.06. The molecule has 3 rings (SSSR count). The van der Waals surface area contributed by atoms with E-state index in [-0.39, 0.29) is 5.91 Å². The van der Waals surface area contributed by atoms with Gasteiger partial charge in [-0.05, 0) is 55.5 Å². The second kappa shape index (κ2) is 8.55. The highest BCUT2D eigenvalue weighted by Gasteiger charge is 2.11. The smallest absolute Gasteiger partial charge is 0.275 e. The third kappa shape index (κ3) is 4.98. The fourth-order valence-corrected chi connectivity index (χ4v) is 3.11. The van der Waals surface area contributed by atoms with E-state index in [1.54, 1.807) is 5.38 Å². The fraction of sp³-hybridized carbons (Fsp3) is 0.200. The van der Waals surface area contributed by atoms with Gasteiger partial charge in [-0.2, -0.15) is 0 Å². The van der Waals surface area contributed by atoms with E-state index in [0.717, 1.165) is 22.8 Å². The Bertz CT molecular complexity index is 889. The zero-order chi connectivity index (χ0) is 19.2. The maximum absolute atomic E-state index is 12.4. The molecule has 1 heterocycles. The van der Waals surface area contributed by atoms with Crippen molar-refractivity contribution in [1.82, 2.24) is 4.98 Å². The second-order valence-electron chi connectivity index (χ2n) is 6.02. The van der Waals surface area contributed by atoms with Crippen molar-refractivity contribution in [1.29, 1.82) is 0 Å². The summed E-state index contributed by atoms with van der Waals surface area (Å²) in [5.74, 6) is 0.589. The SMILES string of the molecule is CCOc1ccc(Nc2nc(C(=O)Nc3ccc(N(C)C)cc3)cs2)cc1. The number of thiazole rings is 1. The molecule has 1 aromatic heterocycles. The van der Waals surface area contributed by atoms with Crippen LogP contribution < -0.4 is 20.3 Å². The van der Waals surface area contributed by atoms with Gasteiger partial charge in [-0.3, -0.25) is 4.79 Å². The number of hydrogen-bond acceptors (Lipinski definition) is 6. The van der Waals surface area contributed by atoms with Crippen molar-refractivity contribution in [2.45, 2.75) is 6.92 Å². The Kier molecular flexibility index (Phi) is 5.93. The van der Waals surface area contributed by atoms with Gasteiger partial charge in [0, 0.05) is 36.5 Å². The molecule has 0 aliphatic carbocycles. The highest BCUT2D eigenvalue weighted by molar-refractivity contribution is 7.14. The number of nitrogens with zero attached hydrogens (tertiary/aromatic N) is 2. The summed E-state index contributed by atoms with van der Waals surface area (Å²) in [6, 6.07) is 15.3. The van der Waals surface area contributed by atoms with Gasteiger partial charge in [0.15, 0.2) is 5.13 Å². The van der Waals surface area contributed by atoms with Crippen LogP contribution in [0.5, 0.6) is 5.75 Å². The average Bonchev–Trinajstić information content (AvgIpc) is 3.13. The number of amides is 1. The molecule has 0 bridgehead atoms. The van der Waals surface area contributed by atoms with Gasteiger partial charge >= 0.3 is 0 Å². The summed E-state index contributed by atoms with van der Waals surface area (Å²) in [7, 11) is 3.95. The Balaban J connectivity index is 1.61. The molecule has 0 atom stereocenters. The highest BCUT2D eigenvalue weighted by Crippen LogP contribution is 2.24. The van der Waals surface area contributed by atoms with Crippen molar-refractivity contribution in [3.8, 4) is 5.75 Å². The lowest BCUT2D eigenvalue weighted by Crippen LogP contribution is -2.13. The molecular weight excluding hydrogens is 360 g/mol. The van der Waals surface area contributed by atoms with Crippen LogP contribution >= 0.6 is 11.3 Å². The first kappa shape index (κ1) is 18.7. The first-order valence-electron chi connectivity index (χ1n) is 8.59. The van der Waals surface area contributed by atoms with E-state index in [1.807, 2.05) is 74.4 Å². The van der Waals surface area contributed by atoms with Gasteiger partial charge in [-0.15, -0.1) is 11.3 Å². The zero-order valence-corrected chi connectivity index (χ0v) is 16.3. The van der Waals surface area contributed by atoms with Crippen LogP contribution in [0.15, 0.2) is 53.9 Å². The summed E-state index contributed by atoms with van der Waals surface area (Å²) in [6.07, 6.45) is 0. The molecule has 2 N–H and O–H groups in total. The molecule has 27 heavy (non-hydrogen) atoms. The van der Waals surface area contributed by atoms with Crippen LogP contribution in [0.3, 0.4) is 0 Å². The van der Waals surface area contributed by atoms with E-state index in [9.17, 15) is 4.79 Å². The molecule has 2 aromatic carbocycles. The lowest BCUT2D eigenvalue weighted by Gasteiger charge is -2.12. The zero-order valence-electron chi connectivity index (χ0n) is 15.5. The summed E-state index contributed by atoms with van der Waals surface area (Å²) in [6.45, 7) is 2.58. The summed E-state index contributed by atoms with van der Waals surface area (Å²) >= 11 is 1.38. The number of anilines is 4. The maximum atomic E-state index is 12.4. The standard InChI is InChI=1S/C20H22N4O2S/c1-4-26-17-11-7-15(8-12-17)22-20-23-18(13-27-20)19(25)21-14-5-9-16(10-6-14)24(2)3/h5-13H,4H2,1-3H3,(H,21,25)(H,22,23). The third-order valence-electron chi connectivity index (χ3n) is 3.79. The quantitative estimate of drug-likeness (QED) is 0.625. The van der Waals surface area contributed by atoms with E-state index < -0.39 is 0 Å². The van der Waals surface area contributed by atoms with E-state index in [1.165, 1.54) is 11.3 Å². The Labute approximate surface area is 162 Å². The minimum atomic E-state index is -0.233. The lowest BCUT2D eigenvalue weighted by atomic mass is 10.2. The van der Waals surface area contributed by atoms with Crippen LogP contribution in [0.1, 0.15) is 17.4 Å². The van der Waals surface area contributed by atoms with Crippen molar-refractivity contribution in [2.24, 2.45) is 0 Å². The molecule has 0 radical (unpaired) electrons. The van der Waals surface area contributed by atoms with Crippen LogP contribution in [0.2, 0.25) is 0 Å². The predicted molar refractivity (Wildman–Crippen MR) is 112 cm³/mol. The van der Waals surface area contributed by atoms with Crippen molar-refractivity contribution >= 4 is 39.4 Å². The van der Waals surface area contributed by atoms with Gasteiger partial charge in [-0.25, -0.2) is 4.98 Å². The van der Waals surface area contributed by atoms with Crippen molar-refractivity contribution in [3.63, 3.8) is 0 Å². The molecule has 140 valence electrons. The van der Waals surface area contributed by atoms with Gasteiger partial charge in [0.05, 0.1) is 6.61 Å². The number of carbonyl (C=O) groups excluding carboxylic acids is 1. The average molecular weight is 382 g/mol. The van der Waals surface area contributed by atoms with Gasteiger partial charge < -0.3 is 20.3 Å². The molecular formula is C20H22N4O2S. The van der Waals surface area contributed by atoms with E-state index in [2.05, 4.69) is 15.6 Å². The van der Waals surface area contributed by atoms with Crippen LogP contribution in [-0.2, 0) is 0 Å². The van der Waals surface area contributed by atoms with Crippen molar-refractivity contribution < 1.29 is 9.53 Å². The monoisotopic (exact) mass is 382 g/mol. The number of ether oxygens (including phenoxy) is 1. The Morgan fingerprint density at radius 2 is 1.74 bits per heavy atom. The predicted octanol–water partition coefficient (Wildman–Crippen LogP) is 4.60. The minimum absolute atomic E-state index is 0.233. The highest BCUT2D eigenvalue weighted by atomic mass is 32.1. The first-order valence-corrected chi connectivity index (χ1v) is 9.47. The van der Waals surface area contributed by atoms with Crippen molar-refractivity contribution in [2.75, 3.05) is 36.2 Å².